The lowest BCUT2D eigenvalue weighted by atomic mass is 10.1. The molecule has 15 nitrogen and oxygen atoms in total. The highest BCUT2D eigenvalue weighted by molar-refractivity contribution is 5.99. The Morgan fingerprint density at radius 1 is 1.02 bits per heavy atom. The molecule has 218 valence electrons. The van der Waals surface area contributed by atoms with Crippen LogP contribution in [0.25, 0.3) is 22.3 Å². The van der Waals surface area contributed by atoms with Crippen LogP contribution >= 0.6 is 0 Å². The van der Waals surface area contributed by atoms with Crippen LogP contribution < -0.4 is 21.3 Å². The van der Waals surface area contributed by atoms with Crippen LogP contribution in [-0.2, 0) is 16.6 Å². The molecule has 0 aliphatic rings. The molecule has 0 aliphatic heterocycles. The van der Waals surface area contributed by atoms with Crippen LogP contribution in [0.2, 0.25) is 0 Å². The average molecular weight is 567 g/mol. The molecule has 4 rings (SSSR count). The number of aromatic nitrogens is 5. The summed E-state index contributed by atoms with van der Waals surface area (Å²) < 4.78 is 1.87. The van der Waals surface area contributed by atoms with Gasteiger partial charge in [-0.1, -0.05) is 0 Å². The highest BCUT2D eigenvalue weighted by Gasteiger charge is 2.21. The number of rotatable bonds is 9. The standard InChI is InChI=1S/C24H30N10O.2CH2O2/c1-26-23-20(17-12-27-13-18-19(17)28-14-34(18)5)30-21(22(25)35)24(31-23)29-15-6-8-16(9-7-15)33(4)11-10-32(2)3;2*2-1-3/h6-9,12-14H,10-11H2,1-5H3,(H2,25,35)(H2,26,29,31);2*1H,(H,2,3). The molecule has 41 heavy (non-hydrogen) atoms. The first-order chi connectivity index (χ1) is 19.6. The summed E-state index contributed by atoms with van der Waals surface area (Å²) >= 11 is 0. The molecule has 15 heteroatoms. The number of benzene rings is 1. The Bertz CT molecular complexity index is 1450. The number of amides is 1. The zero-order valence-corrected chi connectivity index (χ0v) is 23.4. The number of likely N-dealkylation sites (N-methyl/N-ethyl adjacent to an activating group) is 2. The smallest absolute Gasteiger partial charge is 0.290 e. The third kappa shape index (κ3) is 8.34. The van der Waals surface area contributed by atoms with Gasteiger partial charge in [0.2, 0.25) is 0 Å². The van der Waals surface area contributed by atoms with Gasteiger partial charge in [-0.3, -0.25) is 19.4 Å². The van der Waals surface area contributed by atoms with Crippen molar-refractivity contribution in [1.82, 2.24) is 29.4 Å². The molecule has 0 radical (unpaired) electrons. The van der Waals surface area contributed by atoms with E-state index < -0.39 is 5.91 Å². The van der Waals surface area contributed by atoms with E-state index in [-0.39, 0.29) is 24.5 Å². The Morgan fingerprint density at radius 3 is 2.22 bits per heavy atom. The number of nitrogens with one attached hydrogen (secondary N) is 2. The zero-order chi connectivity index (χ0) is 30.5. The Labute approximate surface area is 236 Å². The van der Waals surface area contributed by atoms with Crippen LogP contribution in [0.4, 0.5) is 23.0 Å². The number of aryl methyl sites for hydroxylation is 1. The van der Waals surface area contributed by atoms with Crippen molar-refractivity contribution in [3.05, 3.63) is 48.7 Å². The summed E-state index contributed by atoms with van der Waals surface area (Å²) in [6.07, 6.45) is 5.09. The maximum Gasteiger partial charge on any atom is 0.290 e. The van der Waals surface area contributed by atoms with Gasteiger partial charge in [0.15, 0.2) is 17.3 Å². The van der Waals surface area contributed by atoms with Gasteiger partial charge in [-0.25, -0.2) is 15.0 Å². The molecule has 0 aliphatic carbocycles. The summed E-state index contributed by atoms with van der Waals surface area (Å²) in [5.41, 5.74) is 10.2. The monoisotopic (exact) mass is 566 g/mol. The molecule has 0 atom stereocenters. The summed E-state index contributed by atoms with van der Waals surface area (Å²) in [4.78, 5) is 51.4. The second-order valence-electron chi connectivity index (χ2n) is 8.75. The summed E-state index contributed by atoms with van der Waals surface area (Å²) in [5.74, 6) is 0.0445. The molecule has 4 aromatic rings. The molecule has 0 fully saturated rings. The third-order valence-electron chi connectivity index (χ3n) is 5.71. The number of pyridine rings is 1. The molecular weight excluding hydrogens is 532 g/mol. The minimum Gasteiger partial charge on any atom is -0.483 e. The second-order valence-corrected chi connectivity index (χ2v) is 8.75. The fourth-order valence-electron chi connectivity index (χ4n) is 3.69. The molecule has 1 amide bonds. The number of primary amides is 1. The predicted molar refractivity (Wildman–Crippen MR) is 157 cm³/mol. The van der Waals surface area contributed by atoms with E-state index in [1.807, 2.05) is 35.9 Å². The van der Waals surface area contributed by atoms with Gasteiger partial charge in [-0.05, 0) is 38.4 Å². The minimum atomic E-state index is -0.690. The number of imidazole rings is 1. The minimum absolute atomic E-state index is 0.0270. The van der Waals surface area contributed by atoms with E-state index in [0.717, 1.165) is 30.0 Å². The van der Waals surface area contributed by atoms with Gasteiger partial charge in [0, 0.05) is 51.8 Å². The van der Waals surface area contributed by atoms with Crippen molar-refractivity contribution in [2.75, 3.05) is 56.8 Å². The Balaban J connectivity index is 0.000000901. The number of carbonyl (C=O) groups is 3. The highest BCUT2D eigenvalue weighted by Crippen LogP contribution is 2.32. The number of hydrogen-bond acceptors (Lipinski definition) is 11. The number of carboxylic acid groups (broad SMARTS) is 2. The van der Waals surface area contributed by atoms with Crippen molar-refractivity contribution >= 4 is 52.9 Å². The van der Waals surface area contributed by atoms with Gasteiger partial charge in [0.25, 0.3) is 18.9 Å². The van der Waals surface area contributed by atoms with E-state index in [1.54, 1.807) is 25.8 Å². The van der Waals surface area contributed by atoms with Crippen molar-refractivity contribution in [2.24, 2.45) is 12.8 Å². The van der Waals surface area contributed by atoms with E-state index in [2.05, 4.69) is 61.5 Å². The fourth-order valence-corrected chi connectivity index (χ4v) is 3.69. The van der Waals surface area contributed by atoms with Gasteiger partial charge in [0.1, 0.15) is 11.2 Å². The Kier molecular flexibility index (Phi) is 11.9. The fraction of sp³-hybridized carbons (Fsp3) is 0.269. The summed E-state index contributed by atoms with van der Waals surface area (Å²) in [5, 5.41) is 20.0. The van der Waals surface area contributed by atoms with Crippen molar-refractivity contribution < 1.29 is 24.6 Å². The number of nitrogens with zero attached hydrogens (tertiary/aromatic N) is 7. The van der Waals surface area contributed by atoms with Gasteiger partial charge < -0.3 is 40.9 Å². The van der Waals surface area contributed by atoms with E-state index >= 15 is 0 Å². The topological polar surface area (TPSA) is 205 Å². The lowest BCUT2D eigenvalue weighted by Crippen LogP contribution is -2.28. The number of fused-ring (bicyclic) bond motifs is 1. The van der Waals surface area contributed by atoms with Crippen molar-refractivity contribution in [3.63, 3.8) is 0 Å². The number of nitrogens with two attached hydrogens (primary N) is 1. The van der Waals surface area contributed by atoms with Crippen LogP contribution in [0, 0.1) is 0 Å². The SMILES string of the molecule is CNc1nc(Nc2ccc(N(C)CCN(C)C)cc2)c(C(N)=O)nc1-c1cncc2c1ncn2C.O=CO.O=CO. The zero-order valence-electron chi connectivity index (χ0n) is 23.4. The molecule has 0 unspecified atom stereocenters. The van der Waals surface area contributed by atoms with E-state index in [0.29, 0.717) is 22.6 Å². The van der Waals surface area contributed by atoms with Crippen LogP contribution in [-0.4, -0.2) is 99.7 Å². The van der Waals surface area contributed by atoms with Crippen LogP contribution in [0.1, 0.15) is 10.5 Å². The molecular formula is C26H34N10O5. The lowest BCUT2D eigenvalue weighted by molar-refractivity contribution is -0.123. The average Bonchev–Trinajstić information content (AvgIpc) is 3.33. The number of hydrogen-bond donors (Lipinski definition) is 5. The molecule has 0 saturated carbocycles. The van der Waals surface area contributed by atoms with Crippen molar-refractivity contribution in [2.45, 2.75) is 0 Å². The van der Waals surface area contributed by atoms with E-state index in [1.165, 1.54) is 0 Å². The van der Waals surface area contributed by atoms with E-state index in [9.17, 15) is 4.79 Å². The molecule has 0 saturated heterocycles. The molecule has 0 bridgehead atoms. The molecule has 6 N–H and O–H groups in total. The first kappa shape index (κ1) is 31.9. The maximum atomic E-state index is 12.3. The summed E-state index contributed by atoms with van der Waals surface area (Å²) in [6.45, 7) is 1.36. The van der Waals surface area contributed by atoms with Gasteiger partial charge in [-0.2, -0.15) is 0 Å². The largest absolute Gasteiger partial charge is 0.483 e. The molecule has 1 aromatic carbocycles. The van der Waals surface area contributed by atoms with Crippen molar-refractivity contribution in [3.8, 4) is 11.3 Å². The van der Waals surface area contributed by atoms with E-state index in [4.69, 9.17) is 25.5 Å². The predicted octanol–water partition coefficient (Wildman–Crippen LogP) is 1.71. The maximum absolute atomic E-state index is 12.3. The normalized spacial score (nSPS) is 10.1. The van der Waals surface area contributed by atoms with Gasteiger partial charge in [-0.15, -0.1) is 0 Å². The molecule has 0 spiro atoms. The lowest BCUT2D eigenvalue weighted by Gasteiger charge is -2.22. The number of anilines is 4. The Hall–Kier alpha value is -5.31. The second kappa shape index (κ2) is 15.3. The third-order valence-corrected chi connectivity index (χ3v) is 5.71. The first-order valence-electron chi connectivity index (χ1n) is 12.1. The highest BCUT2D eigenvalue weighted by atomic mass is 16.3. The first-order valence-corrected chi connectivity index (χ1v) is 12.1. The molecule has 3 aromatic heterocycles. The summed E-state index contributed by atoms with van der Waals surface area (Å²) in [7, 11) is 9.79. The molecule has 3 heterocycles. The van der Waals surface area contributed by atoms with Crippen molar-refractivity contribution in [1.29, 1.82) is 0 Å². The van der Waals surface area contributed by atoms with Crippen LogP contribution in [0.3, 0.4) is 0 Å². The quantitative estimate of drug-likeness (QED) is 0.183. The van der Waals surface area contributed by atoms with Gasteiger partial charge >= 0.3 is 0 Å². The Morgan fingerprint density at radius 2 is 1.66 bits per heavy atom. The van der Waals surface area contributed by atoms with Crippen LogP contribution in [0.15, 0.2) is 43.0 Å². The van der Waals surface area contributed by atoms with Crippen LogP contribution in [0.5, 0.6) is 0 Å². The van der Waals surface area contributed by atoms with Gasteiger partial charge in [0.05, 0.1) is 23.6 Å². The summed E-state index contributed by atoms with van der Waals surface area (Å²) in [6, 6.07) is 7.88. The number of carbonyl (C=O) groups excluding carboxylic acids is 1.